The fraction of sp³-hybridized carbons (Fsp3) is 0. The van der Waals surface area contributed by atoms with Crippen molar-refractivity contribution in [3.05, 3.63) is 54.3 Å². The number of hydrogen-bond acceptors (Lipinski definition) is 4. The molecule has 21 heavy (non-hydrogen) atoms. The summed E-state index contributed by atoms with van der Waals surface area (Å²) in [5, 5.41) is 0. The highest BCUT2D eigenvalue weighted by Gasteiger charge is 2.18. The zero-order valence-corrected chi connectivity index (χ0v) is 12.7. The Bertz CT molecular complexity index is 867. The maximum Gasteiger partial charge on any atom is 0.264 e. The molecule has 112 valence electrons. The lowest BCUT2D eigenvalue weighted by atomic mass is 10.3. The first kappa shape index (κ1) is 15.7. The zero-order valence-electron chi connectivity index (χ0n) is 10.3. The van der Waals surface area contributed by atoms with Gasteiger partial charge in [-0.1, -0.05) is 18.2 Å². The SMILES string of the molecule is O=S(=O)(Cl)c1ccc(NS(=O)(=O)c2ccccc2)cc1F. The molecular formula is C12H9ClFNO4S2. The van der Waals surface area contributed by atoms with Crippen molar-refractivity contribution in [3.63, 3.8) is 0 Å². The van der Waals surface area contributed by atoms with E-state index in [4.69, 9.17) is 10.7 Å². The van der Waals surface area contributed by atoms with Crippen LogP contribution in [-0.2, 0) is 19.1 Å². The Balaban J connectivity index is 2.36. The molecular weight excluding hydrogens is 341 g/mol. The van der Waals surface area contributed by atoms with E-state index in [1.54, 1.807) is 6.07 Å². The predicted octanol–water partition coefficient (Wildman–Crippen LogP) is 2.55. The van der Waals surface area contributed by atoms with E-state index in [0.29, 0.717) is 0 Å². The first-order valence-electron chi connectivity index (χ1n) is 5.52. The standard InChI is InChI=1S/C12H9ClFNO4S2/c13-20(16,17)12-7-6-9(8-11(12)14)15-21(18,19)10-4-2-1-3-5-10/h1-8,15H. The average Bonchev–Trinajstić information content (AvgIpc) is 2.37. The maximum atomic E-state index is 13.6. The molecule has 5 nitrogen and oxygen atoms in total. The van der Waals surface area contributed by atoms with E-state index in [0.717, 1.165) is 18.2 Å². The summed E-state index contributed by atoms with van der Waals surface area (Å²) >= 11 is 0. The van der Waals surface area contributed by atoms with Gasteiger partial charge >= 0.3 is 0 Å². The second-order valence-electron chi connectivity index (χ2n) is 4.00. The number of sulfonamides is 1. The van der Waals surface area contributed by atoms with Crippen molar-refractivity contribution in [1.29, 1.82) is 0 Å². The quantitative estimate of drug-likeness (QED) is 0.860. The summed E-state index contributed by atoms with van der Waals surface area (Å²) in [5.74, 6) is -1.14. The lowest BCUT2D eigenvalue weighted by molar-refractivity contribution is 0.576. The summed E-state index contributed by atoms with van der Waals surface area (Å²) in [4.78, 5) is -0.716. The summed E-state index contributed by atoms with van der Waals surface area (Å²) in [7, 11) is -3.06. The molecule has 1 N–H and O–H groups in total. The van der Waals surface area contributed by atoms with Crippen LogP contribution in [0.15, 0.2) is 58.3 Å². The van der Waals surface area contributed by atoms with E-state index >= 15 is 0 Å². The Morgan fingerprint density at radius 3 is 2.10 bits per heavy atom. The highest BCUT2D eigenvalue weighted by molar-refractivity contribution is 8.13. The van der Waals surface area contributed by atoms with Crippen molar-refractivity contribution >= 4 is 35.4 Å². The van der Waals surface area contributed by atoms with Crippen LogP contribution in [0.25, 0.3) is 0 Å². The van der Waals surface area contributed by atoms with Gasteiger partial charge in [-0.25, -0.2) is 21.2 Å². The van der Waals surface area contributed by atoms with Crippen molar-refractivity contribution in [1.82, 2.24) is 0 Å². The van der Waals surface area contributed by atoms with Crippen molar-refractivity contribution in [2.45, 2.75) is 9.79 Å². The molecule has 9 heteroatoms. The summed E-state index contributed by atoms with van der Waals surface area (Å²) in [5.41, 5.74) is -0.111. The molecule has 0 amide bonds. The lowest BCUT2D eigenvalue weighted by Gasteiger charge is -2.09. The second-order valence-corrected chi connectivity index (χ2v) is 8.22. The lowest BCUT2D eigenvalue weighted by Crippen LogP contribution is -2.13. The number of nitrogens with one attached hydrogen (secondary N) is 1. The third-order valence-corrected chi connectivity index (χ3v) is 5.25. The molecule has 0 spiro atoms. The first-order valence-corrected chi connectivity index (χ1v) is 9.31. The van der Waals surface area contributed by atoms with Gasteiger partial charge in [-0.3, -0.25) is 4.72 Å². The molecule has 0 heterocycles. The predicted molar refractivity (Wildman–Crippen MR) is 76.7 cm³/mol. The minimum atomic E-state index is -4.23. The molecule has 0 saturated carbocycles. The molecule has 0 aliphatic heterocycles. The number of anilines is 1. The van der Waals surface area contributed by atoms with Crippen LogP contribution in [0.5, 0.6) is 0 Å². The number of hydrogen-bond donors (Lipinski definition) is 1. The number of halogens is 2. The third kappa shape index (κ3) is 3.72. The fourth-order valence-electron chi connectivity index (χ4n) is 1.58. The normalized spacial score (nSPS) is 12.1. The number of benzene rings is 2. The summed E-state index contributed by atoms with van der Waals surface area (Å²) in [6, 6.07) is 10.2. The molecule has 0 aromatic heterocycles. The maximum absolute atomic E-state index is 13.6. The number of rotatable bonds is 4. The van der Waals surface area contributed by atoms with Gasteiger partial charge in [-0.05, 0) is 30.3 Å². The van der Waals surface area contributed by atoms with Crippen LogP contribution in [0.2, 0.25) is 0 Å². The summed E-state index contributed by atoms with van der Waals surface area (Å²) in [6.07, 6.45) is 0. The van der Waals surface area contributed by atoms with Crippen LogP contribution in [0, 0.1) is 5.82 Å². The van der Waals surface area contributed by atoms with Crippen molar-refractivity contribution in [2.75, 3.05) is 4.72 Å². The van der Waals surface area contributed by atoms with Crippen LogP contribution in [0.3, 0.4) is 0 Å². The van der Waals surface area contributed by atoms with Crippen LogP contribution in [0.4, 0.5) is 10.1 Å². The van der Waals surface area contributed by atoms with E-state index in [2.05, 4.69) is 4.72 Å². The van der Waals surface area contributed by atoms with Gasteiger partial charge in [0.2, 0.25) is 0 Å². The Hall–Kier alpha value is -1.64. The highest BCUT2D eigenvalue weighted by atomic mass is 35.7. The zero-order chi connectivity index (χ0) is 15.7. The Morgan fingerprint density at radius 2 is 1.57 bits per heavy atom. The molecule has 2 aromatic carbocycles. The molecule has 2 rings (SSSR count). The molecule has 2 aromatic rings. The molecule has 0 saturated heterocycles. The Kier molecular flexibility index (Phi) is 4.22. The van der Waals surface area contributed by atoms with Gasteiger partial charge in [0, 0.05) is 10.7 Å². The topological polar surface area (TPSA) is 80.3 Å². The van der Waals surface area contributed by atoms with E-state index in [-0.39, 0.29) is 10.6 Å². The van der Waals surface area contributed by atoms with Crippen LogP contribution < -0.4 is 4.72 Å². The smallest absolute Gasteiger partial charge is 0.264 e. The molecule has 0 aliphatic rings. The largest absolute Gasteiger partial charge is 0.280 e. The second kappa shape index (κ2) is 5.63. The molecule has 0 atom stereocenters. The Labute approximate surface area is 125 Å². The highest BCUT2D eigenvalue weighted by Crippen LogP contribution is 2.23. The van der Waals surface area contributed by atoms with Crippen molar-refractivity contribution < 1.29 is 21.2 Å². The van der Waals surface area contributed by atoms with Crippen LogP contribution >= 0.6 is 10.7 Å². The molecule has 0 bridgehead atoms. The van der Waals surface area contributed by atoms with Gasteiger partial charge < -0.3 is 0 Å². The van der Waals surface area contributed by atoms with E-state index in [1.165, 1.54) is 24.3 Å². The van der Waals surface area contributed by atoms with Gasteiger partial charge in [0.25, 0.3) is 19.1 Å². The van der Waals surface area contributed by atoms with Crippen molar-refractivity contribution in [3.8, 4) is 0 Å². The summed E-state index contributed by atoms with van der Waals surface area (Å²) < 4.78 is 61.9. The van der Waals surface area contributed by atoms with E-state index < -0.39 is 29.8 Å². The average molecular weight is 350 g/mol. The monoisotopic (exact) mass is 349 g/mol. The van der Waals surface area contributed by atoms with Gasteiger partial charge in [0.15, 0.2) is 0 Å². The molecule has 0 fully saturated rings. The third-order valence-electron chi connectivity index (χ3n) is 2.50. The van der Waals surface area contributed by atoms with Crippen LogP contribution in [-0.4, -0.2) is 16.8 Å². The summed E-state index contributed by atoms with van der Waals surface area (Å²) in [6.45, 7) is 0. The molecule has 0 unspecified atom stereocenters. The fourth-order valence-corrected chi connectivity index (χ4v) is 3.54. The van der Waals surface area contributed by atoms with Gasteiger partial charge in [-0.2, -0.15) is 0 Å². The van der Waals surface area contributed by atoms with Crippen LogP contribution in [0.1, 0.15) is 0 Å². The van der Waals surface area contributed by atoms with E-state index in [9.17, 15) is 21.2 Å². The minimum Gasteiger partial charge on any atom is -0.280 e. The molecule has 0 radical (unpaired) electrons. The van der Waals surface area contributed by atoms with Crippen molar-refractivity contribution in [2.24, 2.45) is 0 Å². The minimum absolute atomic E-state index is 0.000510. The van der Waals surface area contributed by atoms with Gasteiger partial charge in [-0.15, -0.1) is 0 Å². The molecule has 0 aliphatic carbocycles. The van der Waals surface area contributed by atoms with Gasteiger partial charge in [0.05, 0.1) is 10.6 Å². The first-order chi connectivity index (χ1) is 9.70. The van der Waals surface area contributed by atoms with Gasteiger partial charge in [0.1, 0.15) is 10.7 Å². The van der Waals surface area contributed by atoms with E-state index in [1.807, 2.05) is 0 Å². The Morgan fingerprint density at radius 1 is 0.952 bits per heavy atom.